The summed E-state index contributed by atoms with van der Waals surface area (Å²) in [5, 5.41) is 6.24. The molecule has 10 heteroatoms. The average molecular weight is 395 g/mol. The molecule has 4 rings (SSSR count). The van der Waals surface area contributed by atoms with Gasteiger partial charge in [-0.3, -0.25) is 4.79 Å². The van der Waals surface area contributed by atoms with Gasteiger partial charge in [-0.2, -0.15) is 18.3 Å². The third-order valence-electron chi connectivity index (χ3n) is 4.65. The van der Waals surface area contributed by atoms with E-state index in [-0.39, 0.29) is 11.2 Å². The first-order valence-corrected chi connectivity index (χ1v) is 9.17. The second kappa shape index (κ2) is 6.29. The molecular weight excluding hydrogens is 379 g/mol. The van der Waals surface area contributed by atoms with E-state index in [1.807, 2.05) is 6.92 Å². The van der Waals surface area contributed by atoms with Gasteiger partial charge >= 0.3 is 6.18 Å². The molecule has 1 amide bonds. The van der Waals surface area contributed by atoms with Gasteiger partial charge in [0.05, 0.1) is 18.1 Å². The van der Waals surface area contributed by atoms with Crippen molar-refractivity contribution in [2.75, 3.05) is 0 Å². The zero-order valence-corrected chi connectivity index (χ0v) is 15.4. The van der Waals surface area contributed by atoms with E-state index in [2.05, 4.69) is 19.8 Å². The lowest BCUT2D eigenvalue weighted by molar-refractivity contribution is -0.158. The summed E-state index contributed by atoms with van der Waals surface area (Å²) in [6.45, 7) is 3.70. The second-order valence-corrected chi connectivity index (χ2v) is 7.71. The standard InChI is InChI=1S/C17H16F3N5OS/c1-8-5-13(11-7-22-27-9(11)2)23-15-12(6-21-25(8)15)16(26)24-14(10-3-4-10)17(18,19)20/h5-7,10,14H,3-4H2,1-2H3,(H,24,26). The lowest BCUT2D eigenvalue weighted by Crippen LogP contribution is -2.46. The number of amides is 1. The van der Waals surface area contributed by atoms with Crippen LogP contribution in [0.4, 0.5) is 13.2 Å². The molecule has 1 saturated carbocycles. The fraction of sp³-hybridized carbons (Fsp3) is 0.412. The van der Waals surface area contributed by atoms with Crippen molar-refractivity contribution in [3.8, 4) is 11.3 Å². The maximum absolute atomic E-state index is 13.2. The number of carbonyl (C=O) groups is 1. The number of aryl methyl sites for hydroxylation is 2. The van der Waals surface area contributed by atoms with Gasteiger partial charge in [-0.15, -0.1) is 0 Å². The summed E-state index contributed by atoms with van der Waals surface area (Å²) in [4.78, 5) is 18.0. The highest BCUT2D eigenvalue weighted by atomic mass is 32.1. The van der Waals surface area contributed by atoms with Gasteiger partial charge in [-0.1, -0.05) is 0 Å². The van der Waals surface area contributed by atoms with Crippen LogP contribution in [0.1, 0.15) is 33.8 Å². The highest BCUT2D eigenvalue weighted by Crippen LogP contribution is 2.40. The number of aromatic nitrogens is 4. The largest absolute Gasteiger partial charge is 0.408 e. The van der Waals surface area contributed by atoms with Crippen molar-refractivity contribution >= 4 is 23.1 Å². The number of fused-ring (bicyclic) bond motifs is 1. The Morgan fingerprint density at radius 2 is 2.07 bits per heavy atom. The van der Waals surface area contributed by atoms with Crippen molar-refractivity contribution in [3.05, 3.63) is 34.6 Å². The van der Waals surface area contributed by atoms with Crippen molar-refractivity contribution < 1.29 is 18.0 Å². The van der Waals surface area contributed by atoms with E-state index < -0.39 is 24.0 Å². The Bertz CT molecular complexity index is 1020. The fourth-order valence-electron chi connectivity index (χ4n) is 3.07. The molecular formula is C17H16F3N5OS. The molecule has 6 nitrogen and oxygen atoms in total. The molecule has 0 aliphatic heterocycles. The number of carbonyl (C=O) groups excluding carboxylic acids is 1. The van der Waals surface area contributed by atoms with E-state index in [0.717, 1.165) is 10.4 Å². The van der Waals surface area contributed by atoms with Gasteiger partial charge in [0.15, 0.2) is 5.65 Å². The molecule has 0 spiro atoms. The van der Waals surface area contributed by atoms with Crippen LogP contribution < -0.4 is 5.32 Å². The zero-order chi connectivity index (χ0) is 19.3. The van der Waals surface area contributed by atoms with Crippen LogP contribution in [0.3, 0.4) is 0 Å². The lowest BCUT2D eigenvalue weighted by Gasteiger charge is -2.20. The average Bonchev–Trinajstić information content (AvgIpc) is 3.17. The third kappa shape index (κ3) is 3.29. The normalized spacial score (nSPS) is 15.9. The number of hydrogen-bond donors (Lipinski definition) is 1. The van der Waals surface area contributed by atoms with E-state index in [0.29, 0.717) is 24.2 Å². The minimum Gasteiger partial charge on any atom is -0.340 e. The molecule has 3 heterocycles. The molecule has 1 fully saturated rings. The van der Waals surface area contributed by atoms with Crippen molar-refractivity contribution in [2.24, 2.45) is 5.92 Å². The molecule has 0 saturated heterocycles. The molecule has 1 atom stereocenters. The first kappa shape index (κ1) is 17.9. The second-order valence-electron chi connectivity index (χ2n) is 6.70. The summed E-state index contributed by atoms with van der Waals surface area (Å²) in [6.07, 6.45) is -0.612. The molecule has 3 aromatic rings. The van der Waals surface area contributed by atoms with Crippen molar-refractivity contribution in [1.82, 2.24) is 24.3 Å². The predicted octanol–water partition coefficient (Wildman–Crippen LogP) is 3.54. The predicted molar refractivity (Wildman–Crippen MR) is 93.6 cm³/mol. The molecule has 1 aliphatic rings. The Kier molecular flexibility index (Phi) is 4.17. The minimum absolute atomic E-state index is 0.0238. The van der Waals surface area contributed by atoms with Gasteiger partial charge in [-0.25, -0.2) is 13.9 Å². The summed E-state index contributed by atoms with van der Waals surface area (Å²) in [7, 11) is 0. The number of nitrogens with zero attached hydrogens (tertiary/aromatic N) is 4. The van der Waals surface area contributed by atoms with Crippen LogP contribution >= 0.6 is 11.5 Å². The van der Waals surface area contributed by atoms with Crippen LogP contribution in [0.15, 0.2) is 18.5 Å². The SMILES string of the molecule is Cc1sncc1-c1cc(C)n2ncc(C(=O)NC(C3CC3)C(F)(F)F)c2n1. The summed E-state index contributed by atoms with van der Waals surface area (Å²) >= 11 is 1.33. The molecule has 0 radical (unpaired) electrons. The molecule has 1 N–H and O–H groups in total. The van der Waals surface area contributed by atoms with Crippen LogP contribution in [0.25, 0.3) is 16.9 Å². The Labute approximate surface area is 156 Å². The van der Waals surface area contributed by atoms with Crippen molar-refractivity contribution in [2.45, 2.75) is 38.9 Å². The topological polar surface area (TPSA) is 72.2 Å². The summed E-state index contributed by atoms with van der Waals surface area (Å²) in [5.74, 6) is -1.37. The van der Waals surface area contributed by atoms with Gasteiger partial charge in [0.1, 0.15) is 11.6 Å². The molecule has 27 heavy (non-hydrogen) atoms. The minimum atomic E-state index is -4.48. The fourth-order valence-corrected chi connectivity index (χ4v) is 3.64. The van der Waals surface area contributed by atoms with Gasteiger partial charge in [0.2, 0.25) is 0 Å². The van der Waals surface area contributed by atoms with E-state index >= 15 is 0 Å². The molecule has 1 unspecified atom stereocenters. The van der Waals surface area contributed by atoms with Crippen LogP contribution in [-0.2, 0) is 0 Å². The Morgan fingerprint density at radius 3 is 2.67 bits per heavy atom. The summed E-state index contributed by atoms with van der Waals surface area (Å²) < 4.78 is 45.3. The molecule has 1 aliphatic carbocycles. The Hall–Kier alpha value is -2.49. The maximum atomic E-state index is 13.2. The monoisotopic (exact) mass is 395 g/mol. The molecule has 142 valence electrons. The third-order valence-corrected chi connectivity index (χ3v) is 5.36. The van der Waals surface area contributed by atoms with E-state index in [4.69, 9.17) is 0 Å². The van der Waals surface area contributed by atoms with Crippen molar-refractivity contribution in [3.63, 3.8) is 0 Å². The smallest absolute Gasteiger partial charge is 0.340 e. The first-order valence-electron chi connectivity index (χ1n) is 8.40. The highest BCUT2D eigenvalue weighted by Gasteiger charge is 2.49. The zero-order valence-electron chi connectivity index (χ0n) is 14.5. The number of nitrogens with one attached hydrogen (secondary N) is 1. The lowest BCUT2D eigenvalue weighted by atomic mass is 10.1. The van der Waals surface area contributed by atoms with E-state index in [9.17, 15) is 18.0 Å². The highest BCUT2D eigenvalue weighted by molar-refractivity contribution is 7.06. The summed E-state index contributed by atoms with van der Waals surface area (Å²) in [5.41, 5.74) is 2.40. The van der Waals surface area contributed by atoms with Crippen LogP contribution in [0.2, 0.25) is 0 Å². The van der Waals surface area contributed by atoms with E-state index in [1.165, 1.54) is 22.2 Å². The van der Waals surface area contributed by atoms with Gasteiger partial charge < -0.3 is 5.32 Å². The number of halogens is 3. The molecule has 3 aromatic heterocycles. The molecule has 0 aromatic carbocycles. The summed E-state index contributed by atoms with van der Waals surface area (Å²) in [6, 6.07) is -0.0336. The first-order chi connectivity index (χ1) is 12.8. The van der Waals surface area contributed by atoms with Gasteiger partial charge in [0, 0.05) is 16.1 Å². The Morgan fingerprint density at radius 1 is 1.33 bits per heavy atom. The van der Waals surface area contributed by atoms with Crippen LogP contribution in [0, 0.1) is 19.8 Å². The van der Waals surface area contributed by atoms with Crippen molar-refractivity contribution in [1.29, 1.82) is 0 Å². The number of alkyl halides is 3. The number of rotatable bonds is 4. The Balaban J connectivity index is 1.72. The van der Waals surface area contributed by atoms with Gasteiger partial charge in [-0.05, 0) is 50.2 Å². The van der Waals surface area contributed by atoms with Crippen LogP contribution in [0.5, 0.6) is 0 Å². The van der Waals surface area contributed by atoms with E-state index in [1.54, 1.807) is 19.2 Å². The quantitative estimate of drug-likeness (QED) is 0.734. The van der Waals surface area contributed by atoms with Crippen LogP contribution in [-0.4, -0.2) is 37.1 Å². The maximum Gasteiger partial charge on any atom is 0.408 e. The van der Waals surface area contributed by atoms with Gasteiger partial charge in [0.25, 0.3) is 5.91 Å². The molecule has 0 bridgehead atoms. The number of hydrogen-bond acceptors (Lipinski definition) is 5.